The van der Waals surface area contributed by atoms with Crippen LogP contribution in [0.3, 0.4) is 0 Å². The number of hydrogen-bond acceptors (Lipinski definition) is 3. The van der Waals surface area contributed by atoms with E-state index in [2.05, 4.69) is 4.98 Å². The molecule has 3 rings (SSSR count). The first-order chi connectivity index (χ1) is 11.2. The molecule has 0 saturated heterocycles. The Kier molecular flexibility index (Phi) is 4.24. The summed E-state index contributed by atoms with van der Waals surface area (Å²) in [7, 11) is 0. The molecule has 0 aliphatic heterocycles. The zero-order chi connectivity index (χ0) is 16.2. The molecule has 0 aliphatic carbocycles. The Morgan fingerprint density at radius 3 is 2.22 bits per heavy atom. The van der Waals surface area contributed by atoms with Crippen LogP contribution in [0, 0.1) is 13.8 Å². The van der Waals surface area contributed by atoms with Crippen molar-refractivity contribution in [2.24, 2.45) is 0 Å². The van der Waals surface area contributed by atoms with Crippen molar-refractivity contribution < 1.29 is 4.74 Å². The van der Waals surface area contributed by atoms with E-state index in [0.29, 0.717) is 23.9 Å². The molecule has 0 N–H and O–H groups in total. The first kappa shape index (κ1) is 15.0. The predicted octanol–water partition coefficient (Wildman–Crippen LogP) is 3.43. The van der Waals surface area contributed by atoms with Crippen LogP contribution in [0.15, 0.2) is 65.5 Å². The Bertz CT molecular complexity index is 856. The second-order valence-corrected chi connectivity index (χ2v) is 5.34. The highest BCUT2D eigenvalue weighted by Crippen LogP contribution is 2.16. The summed E-state index contributed by atoms with van der Waals surface area (Å²) in [4.78, 5) is 17.1. The van der Waals surface area contributed by atoms with Gasteiger partial charge >= 0.3 is 0 Å². The van der Waals surface area contributed by atoms with Crippen LogP contribution in [-0.4, -0.2) is 9.55 Å². The van der Waals surface area contributed by atoms with Crippen LogP contribution < -0.4 is 10.3 Å². The largest absolute Gasteiger partial charge is 0.472 e. The summed E-state index contributed by atoms with van der Waals surface area (Å²) in [5.41, 5.74) is 2.25. The second-order valence-electron chi connectivity index (χ2n) is 5.34. The molecular formula is C19H18N2O2. The molecule has 2 aromatic carbocycles. The smallest absolute Gasteiger partial charge is 0.264 e. The minimum Gasteiger partial charge on any atom is -0.472 e. The van der Waals surface area contributed by atoms with Gasteiger partial charge < -0.3 is 4.74 Å². The van der Waals surface area contributed by atoms with E-state index in [0.717, 1.165) is 11.3 Å². The van der Waals surface area contributed by atoms with Crippen molar-refractivity contribution in [2.45, 2.75) is 20.5 Å². The van der Waals surface area contributed by atoms with E-state index < -0.39 is 0 Å². The maximum atomic E-state index is 12.7. The molecule has 0 radical (unpaired) electrons. The fourth-order valence-electron chi connectivity index (χ4n) is 2.43. The monoisotopic (exact) mass is 306 g/mol. The standard InChI is InChI=1S/C19H18N2O2/c1-14-18(23-13-16-9-5-3-6-10-16)20-15(2)21(19(14)22)17-11-7-4-8-12-17/h3-12H,13H2,1-2H3. The van der Waals surface area contributed by atoms with Crippen molar-refractivity contribution in [1.82, 2.24) is 9.55 Å². The Morgan fingerprint density at radius 2 is 1.57 bits per heavy atom. The average molecular weight is 306 g/mol. The lowest BCUT2D eigenvalue weighted by Gasteiger charge is -2.14. The molecule has 0 atom stereocenters. The summed E-state index contributed by atoms with van der Waals surface area (Å²) in [5.74, 6) is 0.999. The normalized spacial score (nSPS) is 10.5. The first-order valence-electron chi connectivity index (χ1n) is 7.49. The van der Waals surface area contributed by atoms with E-state index in [4.69, 9.17) is 4.74 Å². The minimum atomic E-state index is -0.105. The van der Waals surface area contributed by atoms with Gasteiger partial charge in [0.15, 0.2) is 0 Å². The van der Waals surface area contributed by atoms with E-state index in [1.165, 1.54) is 0 Å². The molecule has 4 heteroatoms. The molecule has 0 saturated carbocycles. The Hall–Kier alpha value is -2.88. The molecule has 3 aromatic rings. The van der Waals surface area contributed by atoms with Gasteiger partial charge in [0.2, 0.25) is 5.88 Å². The molecule has 0 bridgehead atoms. The number of ether oxygens (including phenoxy) is 1. The molecule has 0 aliphatic rings. The number of rotatable bonds is 4. The van der Waals surface area contributed by atoms with Crippen LogP contribution in [0.4, 0.5) is 0 Å². The Morgan fingerprint density at radius 1 is 0.957 bits per heavy atom. The van der Waals surface area contributed by atoms with E-state index in [1.54, 1.807) is 11.5 Å². The number of aromatic nitrogens is 2. The highest BCUT2D eigenvalue weighted by molar-refractivity contribution is 5.36. The average Bonchev–Trinajstić information content (AvgIpc) is 2.59. The summed E-state index contributed by atoms with van der Waals surface area (Å²) in [6.07, 6.45) is 0. The van der Waals surface area contributed by atoms with E-state index in [-0.39, 0.29) is 5.56 Å². The van der Waals surface area contributed by atoms with Crippen molar-refractivity contribution in [1.29, 1.82) is 0 Å². The van der Waals surface area contributed by atoms with Crippen molar-refractivity contribution in [3.8, 4) is 11.6 Å². The van der Waals surface area contributed by atoms with Gasteiger partial charge in [-0.1, -0.05) is 48.5 Å². The minimum absolute atomic E-state index is 0.105. The molecule has 4 nitrogen and oxygen atoms in total. The quantitative estimate of drug-likeness (QED) is 0.742. The molecule has 0 fully saturated rings. The van der Waals surface area contributed by atoms with Crippen LogP contribution in [0.2, 0.25) is 0 Å². The lowest BCUT2D eigenvalue weighted by Crippen LogP contribution is -2.25. The van der Waals surface area contributed by atoms with E-state index >= 15 is 0 Å². The van der Waals surface area contributed by atoms with Crippen LogP contribution in [0.5, 0.6) is 5.88 Å². The van der Waals surface area contributed by atoms with E-state index in [9.17, 15) is 4.79 Å². The molecule has 23 heavy (non-hydrogen) atoms. The van der Waals surface area contributed by atoms with Crippen LogP contribution in [0.25, 0.3) is 5.69 Å². The number of para-hydroxylation sites is 1. The number of aryl methyl sites for hydroxylation is 1. The molecule has 0 amide bonds. The van der Waals surface area contributed by atoms with Crippen molar-refractivity contribution in [3.63, 3.8) is 0 Å². The maximum absolute atomic E-state index is 12.7. The zero-order valence-electron chi connectivity index (χ0n) is 13.2. The fourth-order valence-corrected chi connectivity index (χ4v) is 2.43. The molecule has 116 valence electrons. The zero-order valence-corrected chi connectivity index (χ0v) is 13.2. The van der Waals surface area contributed by atoms with Gasteiger partial charge in [-0.2, -0.15) is 4.98 Å². The molecule has 0 unspecified atom stereocenters. The highest BCUT2D eigenvalue weighted by Gasteiger charge is 2.13. The van der Waals surface area contributed by atoms with Crippen LogP contribution in [-0.2, 0) is 6.61 Å². The molecule has 0 spiro atoms. The van der Waals surface area contributed by atoms with Gasteiger partial charge in [0.1, 0.15) is 12.4 Å². The molecule has 1 aromatic heterocycles. The third kappa shape index (κ3) is 3.16. The topological polar surface area (TPSA) is 44.1 Å². The summed E-state index contributed by atoms with van der Waals surface area (Å²) >= 11 is 0. The van der Waals surface area contributed by atoms with Crippen LogP contribution in [0.1, 0.15) is 17.0 Å². The summed E-state index contributed by atoms with van der Waals surface area (Å²) < 4.78 is 7.35. The van der Waals surface area contributed by atoms with Gasteiger partial charge in [0.25, 0.3) is 5.56 Å². The summed E-state index contributed by atoms with van der Waals surface area (Å²) in [6.45, 7) is 3.95. The lowest BCUT2D eigenvalue weighted by atomic mass is 10.2. The van der Waals surface area contributed by atoms with Crippen LogP contribution >= 0.6 is 0 Å². The van der Waals surface area contributed by atoms with Gasteiger partial charge in [0.05, 0.1) is 11.3 Å². The second kappa shape index (κ2) is 6.48. The first-order valence-corrected chi connectivity index (χ1v) is 7.49. The number of benzene rings is 2. The van der Waals surface area contributed by atoms with Gasteiger partial charge in [-0.3, -0.25) is 9.36 Å². The highest BCUT2D eigenvalue weighted by atomic mass is 16.5. The SMILES string of the molecule is Cc1c(OCc2ccccc2)nc(C)n(-c2ccccc2)c1=O. The van der Waals surface area contributed by atoms with Gasteiger partial charge in [-0.15, -0.1) is 0 Å². The lowest BCUT2D eigenvalue weighted by molar-refractivity contribution is 0.289. The van der Waals surface area contributed by atoms with Gasteiger partial charge in [0, 0.05) is 0 Å². The van der Waals surface area contributed by atoms with Gasteiger partial charge in [-0.05, 0) is 31.5 Å². The van der Waals surface area contributed by atoms with Gasteiger partial charge in [-0.25, -0.2) is 0 Å². The fraction of sp³-hybridized carbons (Fsp3) is 0.158. The van der Waals surface area contributed by atoms with Crippen molar-refractivity contribution in [2.75, 3.05) is 0 Å². The Balaban J connectivity index is 1.94. The number of nitrogens with zero attached hydrogens (tertiary/aromatic N) is 2. The van der Waals surface area contributed by atoms with Crippen molar-refractivity contribution >= 4 is 0 Å². The molecule has 1 heterocycles. The molecular weight excluding hydrogens is 288 g/mol. The predicted molar refractivity (Wildman–Crippen MR) is 90.1 cm³/mol. The number of hydrogen-bond donors (Lipinski definition) is 0. The third-order valence-corrected chi connectivity index (χ3v) is 3.66. The summed E-state index contributed by atoms with van der Waals surface area (Å²) in [6, 6.07) is 19.3. The van der Waals surface area contributed by atoms with E-state index in [1.807, 2.05) is 67.6 Å². The van der Waals surface area contributed by atoms with Crippen molar-refractivity contribution in [3.05, 3.63) is 88.0 Å². The Labute approximate surface area is 135 Å². The third-order valence-electron chi connectivity index (χ3n) is 3.66. The summed E-state index contributed by atoms with van der Waals surface area (Å²) in [5, 5.41) is 0. The maximum Gasteiger partial charge on any atom is 0.264 e.